The molecule has 0 atom stereocenters. The molecule has 0 fully saturated rings. The van der Waals surface area contributed by atoms with Crippen LogP contribution >= 0.6 is 0 Å². The second-order valence-electron chi connectivity index (χ2n) is 4.79. The molecule has 2 aromatic rings. The molecule has 5 heteroatoms. The number of rotatable bonds is 6. The molecule has 0 N–H and O–H groups in total. The van der Waals surface area contributed by atoms with Crippen LogP contribution < -0.4 is 0 Å². The van der Waals surface area contributed by atoms with Gasteiger partial charge in [-0.05, 0) is 18.9 Å². The van der Waals surface area contributed by atoms with Crippen LogP contribution in [0.25, 0.3) is 0 Å². The Kier molecular flexibility index (Phi) is 5.11. The quantitative estimate of drug-likeness (QED) is 0.765. The van der Waals surface area contributed by atoms with Crippen LogP contribution in [0.5, 0.6) is 0 Å². The summed E-state index contributed by atoms with van der Waals surface area (Å²) in [5.41, 5.74) is 2.90. The number of hydrogen-bond acceptors (Lipinski definition) is 5. The first-order chi connectivity index (χ1) is 10.1. The maximum Gasteiger partial charge on any atom is 0.376 e. The SMILES string of the molecule is COCc1nc(CCc2ccc(C)cc2)oc1C(=O)OC. The van der Waals surface area contributed by atoms with Gasteiger partial charge in [-0.25, -0.2) is 9.78 Å². The minimum atomic E-state index is -0.531. The molecule has 0 spiro atoms. The Hall–Kier alpha value is -2.14. The van der Waals surface area contributed by atoms with Crippen molar-refractivity contribution in [1.82, 2.24) is 4.98 Å². The fourth-order valence-electron chi connectivity index (χ4n) is 2.00. The Morgan fingerprint density at radius 1 is 1.19 bits per heavy atom. The number of benzene rings is 1. The predicted octanol–water partition coefficient (Wildman–Crippen LogP) is 2.70. The highest BCUT2D eigenvalue weighted by Gasteiger charge is 2.20. The predicted molar refractivity (Wildman–Crippen MR) is 77.1 cm³/mol. The molecule has 1 aromatic heterocycles. The topological polar surface area (TPSA) is 61.6 Å². The highest BCUT2D eigenvalue weighted by molar-refractivity contribution is 5.87. The minimum absolute atomic E-state index is 0.123. The van der Waals surface area contributed by atoms with E-state index in [4.69, 9.17) is 9.15 Å². The lowest BCUT2D eigenvalue weighted by Crippen LogP contribution is -2.04. The van der Waals surface area contributed by atoms with E-state index in [1.54, 1.807) is 7.11 Å². The van der Waals surface area contributed by atoms with Crippen molar-refractivity contribution in [2.75, 3.05) is 14.2 Å². The van der Waals surface area contributed by atoms with E-state index in [0.29, 0.717) is 18.0 Å². The minimum Gasteiger partial charge on any atom is -0.463 e. The smallest absolute Gasteiger partial charge is 0.376 e. The van der Waals surface area contributed by atoms with Gasteiger partial charge in [0.05, 0.1) is 13.7 Å². The molecular formula is C16H19NO4. The van der Waals surface area contributed by atoms with E-state index in [1.807, 2.05) is 0 Å². The van der Waals surface area contributed by atoms with Crippen LogP contribution in [0.3, 0.4) is 0 Å². The van der Waals surface area contributed by atoms with Crippen LogP contribution in [0, 0.1) is 6.92 Å². The van der Waals surface area contributed by atoms with Crippen LogP contribution in [0.2, 0.25) is 0 Å². The number of oxazole rings is 1. The van der Waals surface area contributed by atoms with Crippen molar-refractivity contribution < 1.29 is 18.7 Å². The third kappa shape index (κ3) is 3.92. The Morgan fingerprint density at radius 2 is 1.90 bits per heavy atom. The van der Waals surface area contributed by atoms with E-state index in [2.05, 4.69) is 40.9 Å². The fraction of sp³-hybridized carbons (Fsp3) is 0.375. The third-order valence-electron chi connectivity index (χ3n) is 3.14. The van der Waals surface area contributed by atoms with Crippen molar-refractivity contribution in [1.29, 1.82) is 0 Å². The van der Waals surface area contributed by atoms with E-state index in [0.717, 1.165) is 6.42 Å². The summed E-state index contributed by atoms with van der Waals surface area (Å²) in [4.78, 5) is 15.9. The lowest BCUT2D eigenvalue weighted by Gasteiger charge is -1.99. The summed E-state index contributed by atoms with van der Waals surface area (Å²) in [5, 5.41) is 0. The fourth-order valence-corrected chi connectivity index (χ4v) is 2.00. The summed E-state index contributed by atoms with van der Waals surface area (Å²) in [6.45, 7) is 2.27. The maximum absolute atomic E-state index is 11.6. The summed E-state index contributed by atoms with van der Waals surface area (Å²) in [6.07, 6.45) is 1.42. The number of hydrogen-bond donors (Lipinski definition) is 0. The normalized spacial score (nSPS) is 10.6. The highest BCUT2D eigenvalue weighted by Crippen LogP contribution is 2.16. The molecule has 1 heterocycles. The molecule has 0 bridgehead atoms. The molecule has 0 radical (unpaired) electrons. The molecule has 0 unspecified atom stereocenters. The average molecular weight is 289 g/mol. The van der Waals surface area contributed by atoms with Gasteiger partial charge in [-0.2, -0.15) is 0 Å². The summed E-state index contributed by atoms with van der Waals surface area (Å²) in [6, 6.07) is 8.30. The van der Waals surface area contributed by atoms with E-state index in [9.17, 15) is 4.79 Å². The van der Waals surface area contributed by atoms with E-state index in [1.165, 1.54) is 18.2 Å². The molecule has 5 nitrogen and oxygen atoms in total. The van der Waals surface area contributed by atoms with Gasteiger partial charge in [0.1, 0.15) is 5.69 Å². The molecule has 0 saturated heterocycles. The van der Waals surface area contributed by atoms with E-state index < -0.39 is 5.97 Å². The third-order valence-corrected chi connectivity index (χ3v) is 3.14. The number of carbonyl (C=O) groups excluding carboxylic acids is 1. The first-order valence-electron chi connectivity index (χ1n) is 6.75. The van der Waals surface area contributed by atoms with E-state index >= 15 is 0 Å². The van der Waals surface area contributed by atoms with Gasteiger partial charge in [0.25, 0.3) is 0 Å². The first-order valence-corrected chi connectivity index (χ1v) is 6.75. The van der Waals surface area contributed by atoms with Crippen molar-refractivity contribution >= 4 is 5.97 Å². The Morgan fingerprint density at radius 3 is 2.52 bits per heavy atom. The zero-order valence-electron chi connectivity index (χ0n) is 12.5. The molecule has 2 rings (SSSR count). The van der Waals surface area contributed by atoms with Gasteiger partial charge in [-0.3, -0.25) is 0 Å². The lowest BCUT2D eigenvalue weighted by molar-refractivity contribution is 0.0556. The van der Waals surface area contributed by atoms with E-state index in [-0.39, 0.29) is 12.4 Å². The van der Waals surface area contributed by atoms with Gasteiger partial charge >= 0.3 is 5.97 Å². The molecular weight excluding hydrogens is 270 g/mol. The van der Waals surface area contributed by atoms with Gasteiger partial charge in [0, 0.05) is 13.5 Å². The number of aromatic nitrogens is 1. The Balaban J connectivity index is 2.09. The van der Waals surface area contributed by atoms with Crippen molar-refractivity contribution in [3.05, 3.63) is 52.7 Å². The van der Waals surface area contributed by atoms with Crippen molar-refractivity contribution in [3.8, 4) is 0 Å². The van der Waals surface area contributed by atoms with Crippen LogP contribution in [0.15, 0.2) is 28.7 Å². The zero-order chi connectivity index (χ0) is 15.2. The molecule has 0 aliphatic carbocycles. The molecule has 1 aromatic carbocycles. The maximum atomic E-state index is 11.6. The number of methoxy groups -OCH3 is 2. The van der Waals surface area contributed by atoms with Gasteiger partial charge < -0.3 is 13.9 Å². The van der Waals surface area contributed by atoms with Crippen molar-refractivity contribution in [2.24, 2.45) is 0 Å². The molecule has 21 heavy (non-hydrogen) atoms. The average Bonchev–Trinajstić information content (AvgIpc) is 2.89. The van der Waals surface area contributed by atoms with Gasteiger partial charge in [-0.15, -0.1) is 0 Å². The summed E-state index contributed by atoms with van der Waals surface area (Å²) in [5.74, 6) is 0.109. The van der Waals surface area contributed by atoms with Gasteiger partial charge in [0.15, 0.2) is 5.89 Å². The van der Waals surface area contributed by atoms with Crippen LogP contribution in [-0.2, 0) is 28.9 Å². The number of carbonyl (C=O) groups is 1. The summed E-state index contributed by atoms with van der Waals surface area (Å²) >= 11 is 0. The molecule has 0 saturated carbocycles. The standard InChI is InChI=1S/C16H19NO4/c1-11-4-6-12(7-5-11)8-9-14-17-13(10-19-2)15(21-14)16(18)20-3/h4-7H,8-10H2,1-3H3. The molecule has 0 aliphatic rings. The second kappa shape index (κ2) is 7.04. The van der Waals surface area contributed by atoms with Crippen LogP contribution in [0.4, 0.5) is 0 Å². The van der Waals surface area contributed by atoms with Gasteiger partial charge in [-0.1, -0.05) is 29.8 Å². The number of ether oxygens (including phenoxy) is 2. The Bertz CT molecular complexity index is 601. The van der Waals surface area contributed by atoms with Crippen LogP contribution in [-0.4, -0.2) is 25.2 Å². The summed E-state index contributed by atoms with van der Waals surface area (Å²) in [7, 11) is 2.86. The Labute approximate surface area is 123 Å². The lowest BCUT2D eigenvalue weighted by atomic mass is 10.1. The molecule has 0 amide bonds. The number of esters is 1. The van der Waals surface area contributed by atoms with Crippen molar-refractivity contribution in [3.63, 3.8) is 0 Å². The second-order valence-corrected chi connectivity index (χ2v) is 4.79. The van der Waals surface area contributed by atoms with Crippen LogP contribution in [0.1, 0.15) is 33.3 Å². The first kappa shape index (κ1) is 15.3. The highest BCUT2D eigenvalue weighted by atomic mass is 16.5. The molecule has 112 valence electrons. The van der Waals surface area contributed by atoms with Gasteiger partial charge in [0.2, 0.25) is 5.76 Å². The largest absolute Gasteiger partial charge is 0.463 e. The molecule has 0 aliphatic heterocycles. The van der Waals surface area contributed by atoms with Crippen molar-refractivity contribution in [2.45, 2.75) is 26.4 Å². The summed E-state index contributed by atoms with van der Waals surface area (Å²) < 4.78 is 15.2. The number of nitrogens with zero attached hydrogens (tertiary/aromatic N) is 1. The zero-order valence-corrected chi connectivity index (χ0v) is 12.5. The number of aryl methyl sites for hydroxylation is 3. The monoisotopic (exact) mass is 289 g/mol.